The molecule has 232 valence electrons. The maximum absolute atomic E-state index is 7.05. The van der Waals surface area contributed by atoms with Crippen LogP contribution in [0.5, 0.6) is 11.5 Å². The predicted octanol–water partition coefficient (Wildman–Crippen LogP) is 9.62. The third-order valence-corrected chi connectivity index (χ3v) is 12.4. The number of pyridine rings is 2. The summed E-state index contributed by atoms with van der Waals surface area (Å²) in [6.45, 7) is 0. The second-order valence-electron chi connectivity index (χ2n) is 14.4. The molecule has 0 radical (unpaired) electrons. The van der Waals surface area contributed by atoms with Gasteiger partial charge in [0, 0.05) is 38.4 Å². The molecule has 0 saturated carbocycles. The normalized spacial score (nSPS) is 16.9. The number of para-hydroxylation sites is 6. The molecule has 1 unspecified atom stereocenters. The number of imidazole rings is 2. The molecule has 12 aromatic rings. The van der Waals surface area contributed by atoms with E-state index in [0.29, 0.717) is 0 Å². The van der Waals surface area contributed by atoms with Crippen LogP contribution in [0.1, 0.15) is 11.1 Å². The molecule has 5 aromatic heterocycles. The maximum Gasteiger partial charge on any atom is 0.316 e. The average Bonchev–Trinajstić information content (AvgIpc) is 3.96. The van der Waals surface area contributed by atoms with Crippen LogP contribution >= 0.6 is 0 Å². The average molecular weight is 651 g/mol. The highest BCUT2D eigenvalue weighted by atomic mass is 16.5. The molecule has 0 saturated heterocycles. The van der Waals surface area contributed by atoms with Gasteiger partial charge >= 0.3 is 17.0 Å². The zero-order chi connectivity index (χ0) is 32.5. The van der Waals surface area contributed by atoms with Gasteiger partial charge in [0.25, 0.3) is 0 Å². The Kier molecular flexibility index (Phi) is 3.55. The molecule has 3 aliphatic rings. The van der Waals surface area contributed by atoms with Gasteiger partial charge in [-0.2, -0.15) is 17.9 Å². The number of aromatic nitrogens is 4. The molecule has 6 nitrogen and oxygen atoms in total. The smallest absolute Gasteiger partial charge is 0.316 e. The van der Waals surface area contributed by atoms with Gasteiger partial charge in [-0.3, -0.25) is 0 Å². The molecule has 15 rings (SSSR count). The van der Waals surface area contributed by atoms with Crippen molar-refractivity contribution in [2.45, 2.75) is 5.66 Å². The quantitative estimate of drug-likeness (QED) is 0.121. The van der Waals surface area contributed by atoms with Crippen molar-refractivity contribution in [3.8, 4) is 11.5 Å². The zero-order valence-electron chi connectivity index (χ0n) is 26.8. The van der Waals surface area contributed by atoms with E-state index in [0.717, 1.165) is 39.0 Å². The third-order valence-electron chi connectivity index (χ3n) is 12.4. The highest BCUT2D eigenvalue weighted by Gasteiger charge is 2.67. The fourth-order valence-corrected chi connectivity index (χ4v) is 10.7. The Balaban J connectivity index is 1.28. The van der Waals surface area contributed by atoms with Crippen LogP contribution in [0.15, 0.2) is 138 Å². The van der Waals surface area contributed by atoms with Crippen molar-refractivity contribution in [3.63, 3.8) is 0 Å². The molecule has 8 heterocycles. The van der Waals surface area contributed by atoms with Gasteiger partial charge < -0.3 is 9.15 Å². The minimum absolute atomic E-state index is 0.726. The first-order valence-corrected chi connectivity index (χ1v) is 17.5. The first-order valence-electron chi connectivity index (χ1n) is 17.5. The minimum atomic E-state index is -0.726. The Hall–Kier alpha value is -6.92. The first kappa shape index (κ1) is 24.3. The van der Waals surface area contributed by atoms with Crippen LogP contribution in [-0.4, -0.2) is 8.80 Å². The van der Waals surface area contributed by atoms with E-state index < -0.39 is 5.66 Å². The number of benzene rings is 7. The second-order valence-corrected chi connectivity index (χ2v) is 14.4. The molecule has 0 bridgehead atoms. The number of rotatable bonds is 0. The lowest BCUT2D eigenvalue weighted by molar-refractivity contribution is -0.923. The lowest BCUT2D eigenvalue weighted by Gasteiger charge is -2.31. The molecule has 0 fully saturated rings. The van der Waals surface area contributed by atoms with Crippen molar-refractivity contribution in [1.29, 1.82) is 0 Å². The van der Waals surface area contributed by atoms with E-state index >= 15 is 0 Å². The zero-order valence-corrected chi connectivity index (χ0v) is 26.8. The lowest BCUT2D eigenvalue weighted by atomic mass is 9.84. The first-order chi connectivity index (χ1) is 25.3. The summed E-state index contributed by atoms with van der Waals surface area (Å²) in [6.07, 6.45) is 0. The number of ether oxygens (including phenoxy) is 1. The Morgan fingerprint density at radius 1 is 0.431 bits per heavy atom. The van der Waals surface area contributed by atoms with Crippen molar-refractivity contribution >= 4 is 98.7 Å². The monoisotopic (exact) mass is 650 g/mol. The summed E-state index contributed by atoms with van der Waals surface area (Å²) < 4.78 is 23.8. The van der Waals surface area contributed by atoms with E-state index in [1.165, 1.54) is 82.3 Å². The summed E-state index contributed by atoms with van der Waals surface area (Å²) in [5, 5.41) is 9.66. The fourth-order valence-electron chi connectivity index (χ4n) is 10.7. The van der Waals surface area contributed by atoms with Crippen molar-refractivity contribution in [2.24, 2.45) is 0 Å². The Morgan fingerprint density at radius 3 is 1.71 bits per heavy atom. The summed E-state index contributed by atoms with van der Waals surface area (Å²) in [4.78, 5) is 0. The van der Waals surface area contributed by atoms with Crippen LogP contribution in [0.3, 0.4) is 0 Å². The van der Waals surface area contributed by atoms with Crippen LogP contribution < -0.4 is 13.9 Å². The number of nitrogens with zero attached hydrogens (tertiary/aromatic N) is 4. The second kappa shape index (κ2) is 7.47. The maximum atomic E-state index is 7.05. The summed E-state index contributed by atoms with van der Waals surface area (Å²) in [7, 11) is 0. The molecule has 3 aliphatic heterocycles. The minimum Gasteiger partial charge on any atom is -0.456 e. The molecule has 1 atom stereocenters. The van der Waals surface area contributed by atoms with Gasteiger partial charge in [0.1, 0.15) is 44.8 Å². The summed E-state index contributed by atoms with van der Waals surface area (Å²) >= 11 is 0. The van der Waals surface area contributed by atoms with Crippen LogP contribution in [0.4, 0.5) is 0 Å². The van der Waals surface area contributed by atoms with Gasteiger partial charge in [0.05, 0.1) is 10.8 Å². The van der Waals surface area contributed by atoms with E-state index in [2.05, 4.69) is 145 Å². The van der Waals surface area contributed by atoms with E-state index in [9.17, 15) is 0 Å². The molecule has 51 heavy (non-hydrogen) atoms. The third kappa shape index (κ3) is 2.27. The SMILES string of the molecule is c1ccc2c(c1)oc1cc3c(cc12)c1ccc2c4c1c1n3c3ccccc3[n+]1C41c3c(ccc4c5ccccc5n5c6ccccc6[n+]1c5c34)O2. The number of fused-ring (bicyclic) bond motifs is 15. The molecule has 0 N–H and O–H groups in total. The van der Waals surface area contributed by atoms with E-state index in [-0.39, 0.29) is 0 Å². The van der Waals surface area contributed by atoms with Crippen molar-refractivity contribution in [3.05, 3.63) is 145 Å². The van der Waals surface area contributed by atoms with Crippen LogP contribution in [0, 0.1) is 0 Å². The molecular formula is C45H22N4O2+2. The van der Waals surface area contributed by atoms with Crippen LogP contribution in [0.2, 0.25) is 0 Å². The molecule has 1 spiro atoms. The van der Waals surface area contributed by atoms with Crippen LogP contribution in [-0.2, 0) is 5.66 Å². The van der Waals surface area contributed by atoms with Crippen LogP contribution in [0.25, 0.3) is 98.7 Å². The summed E-state index contributed by atoms with van der Waals surface area (Å²) in [5.41, 5.74) is 13.0. The number of furan rings is 1. The number of hydrogen-bond acceptors (Lipinski definition) is 2. The van der Waals surface area contributed by atoms with E-state index in [4.69, 9.17) is 9.15 Å². The van der Waals surface area contributed by atoms with Gasteiger partial charge in [-0.25, -0.2) is 0 Å². The predicted molar refractivity (Wildman–Crippen MR) is 199 cm³/mol. The molecule has 0 amide bonds. The Labute approximate surface area is 286 Å². The molecule has 6 heteroatoms. The van der Waals surface area contributed by atoms with Crippen molar-refractivity contribution < 1.29 is 18.3 Å². The highest BCUT2D eigenvalue weighted by Crippen LogP contribution is 2.59. The largest absolute Gasteiger partial charge is 0.456 e. The highest BCUT2D eigenvalue weighted by molar-refractivity contribution is 6.22. The molecule has 7 aromatic carbocycles. The fraction of sp³-hybridized carbons (Fsp3) is 0.0222. The van der Waals surface area contributed by atoms with Gasteiger partial charge in [0.15, 0.2) is 22.1 Å². The topological polar surface area (TPSA) is 39.0 Å². The molecular weight excluding hydrogens is 629 g/mol. The van der Waals surface area contributed by atoms with Crippen molar-refractivity contribution in [2.75, 3.05) is 0 Å². The lowest BCUT2D eigenvalue weighted by Crippen LogP contribution is -2.71. The Bertz CT molecular complexity index is 3750. The summed E-state index contributed by atoms with van der Waals surface area (Å²) in [5.74, 6) is 1.82. The molecule has 0 aliphatic carbocycles. The van der Waals surface area contributed by atoms with Gasteiger partial charge in [0.2, 0.25) is 0 Å². The van der Waals surface area contributed by atoms with Gasteiger partial charge in [-0.15, -0.1) is 0 Å². The van der Waals surface area contributed by atoms with E-state index in [1.54, 1.807) is 0 Å². The van der Waals surface area contributed by atoms with Crippen molar-refractivity contribution in [1.82, 2.24) is 8.80 Å². The Morgan fingerprint density at radius 2 is 1.00 bits per heavy atom. The standard InChI is InChI=1S/C45H22N4O2/c1-3-11-29-23(9-1)25-17-19-36-41-39(25)43-46(29)30-12-4-6-14-32(30)48(43)45(41)42-37(51-36)20-18-26-27-21-28-24-10-2-8-16-35(24)50-38(28)22-34(27)47-31-13-5-7-15-33(31)49(45)44(47)40(26)42/h1-22H/q+2. The van der Waals surface area contributed by atoms with Gasteiger partial charge in [-0.1, -0.05) is 60.7 Å². The summed E-state index contributed by atoms with van der Waals surface area (Å²) in [6, 6.07) is 48.6. The van der Waals surface area contributed by atoms with E-state index in [1.807, 2.05) is 6.07 Å². The number of hydrogen-bond donors (Lipinski definition) is 0. The van der Waals surface area contributed by atoms with Gasteiger partial charge in [-0.05, 0) is 66.7 Å².